The van der Waals surface area contributed by atoms with Crippen molar-refractivity contribution in [2.45, 2.75) is 19.5 Å². The standard InChI is InChI=1S/C14H15ClN2OS/c1-9(13-3-2-6-19-13)17-8-11-5-4-10(14(16)18)7-12(11)15/h2-7,9,17H,8H2,1H3,(H2,16,18)/t9-/m1/s1. The first-order chi connectivity index (χ1) is 9.08. The van der Waals surface area contributed by atoms with Gasteiger partial charge in [0.1, 0.15) is 0 Å². The molecule has 19 heavy (non-hydrogen) atoms. The first kappa shape index (κ1) is 14.1. The molecule has 0 radical (unpaired) electrons. The summed E-state index contributed by atoms with van der Waals surface area (Å²) < 4.78 is 0. The molecule has 1 aromatic heterocycles. The highest BCUT2D eigenvalue weighted by molar-refractivity contribution is 7.10. The zero-order valence-electron chi connectivity index (χ0n) is 10.5. The summed E-state index contributed by atoms with van der Waals surface area (Å²) in [5.74, 6) is -0.464. The number of halogens is 1. The van der Waals surface area contributed by atoms with Crippen molar-refractivity contribution in [2.75, 3.05) is 0 Å². The van der Waals surface area contributed by atoms with Gasteiger partial charge in [-0.05, 0) is 36.1 Å². The average Bonchev–Trinajstić information content (AvgIpc) is 2.90. The predicted octanol–water partition coefficient (Wildman–Crippen LogP) is 3.35. The Morgan fingerprint density at radius 3 is 2.84 bits per heavy atom. The third-order valence-corrected chi connectivity index (χ3v) is 4.31. The molecule has 3 nitrogen and oxygen atoms in total. The molecule has 5 heteroatoms. The second-order valence-electron chi connectivity index (χ2n) is 4.29. The summed E-state index contributed by atoms with van der Waals surface area (Å²) >= 11 is 7.86. The van der Waals surface area contributed by atoms with Gasteiger partial charge >= 0.3 is 0 Å². The molecular formula is C14H15ClN2OS. The van der Waals surface area contributed by atoms with Crippen LogP contribution in [0.15, 0.2) is 35.7 Å². The predicted molar refractivity (Wildman–Crippen MR) is 79.5 cm³/mol. The Morgan fingerprint density at radius 1 is 1.47 bits per heavy atom. The van der Waals surface area contributed by atoms with Crippen molar-refractivity contribution in [3.05, 3.63) is 56.7 Å². The maximum atomic E-state index is 11.0. The van der Waals surface area contributed by atoms with E-state index in [1.165, 1.54) is 4.88 Å². The van der Waals surface area contributed by atoms with Crippen LogP contribution < -0.4 is 11.1 Å². The van der Waals surface area contributed by atoms with Crippen LogP contribution in [0.4, 0.5) is 0 Å². The number of nitrogens with one attached hydrogen (secondary N) is 1. The van der Waals surface area contributed by atoms with Crippen molar-refractivity contribution in [1.29, 1.82) is 0 Å². The van der Waals surface area contributed by atoms with Gasteiger partial charge in [0.05, 0.1) is 0 Å². The highest BCUT2D eigenvalue weighted by Gasteiger charge is 2.09. The van der Waals surface area contributed by atoms with Crippen LogP contribution in [0.1, 0.15) is 33.8 Å². The number of nitrogens with two attached hydrogens (primary N) is 1. The molecular weight excluding hydrogens is 280 g/mol. The molecule has 0 aliphatic rings. The lowest BCUT2D eigenvalue weighted by molar-refractivity contribution is 0.100. The van der Waals surface area contributed by atoms with E-state index in [1.54, 1.807) is 23.5 Å². The van der Waals surface area contributed by atoms with Gasteiger partial charge in [-0.25, -0.2) is 0 Å². The van der Waals surface area contributed by atoms with Gasteiger partial charge in [0.25, 0.3) is 0 Å². The summed E-state index contributed by atoms with van der Waals surface area (Å²) in [7, 11) is 0. The molecule has 1 atom stereocenters. The molecule has 2 rings (SSSR count). The van der Waals surface area contributed by atoms with Gasteiger partial charge in [0.15, 0.2) is 0 Å². The number of hydrogen-bond acceptors (Lipinski definition) is 3. The monoisotopic (exact) mass is 294 g/mol. The molecule has 100 valence electrons. The third kappa shape index (κ3) is 3.56. The van der Waals surface area contributed by atoms with E-state index in [2.05, 4.69) is 23.7 Å². The van der Waals surface area contributed by atoms with Crippen molar-refractivity contribution in [3.8, 4) is 0 Å². The largest absolute Gasteiger partial charge is 0.366 e. The topological polar surface area (TPSA) is 55.1 Å². The van der Waals surface area contributed by atoms with Gasteiger partial charge < -0.3 is 11.1 Å². The van der Waals surface area contributed by atoms with Crippen LogP contribution >= 0.6 is 22.9 Å². The summed E-state index contributed by atoms with van der Waals surface area (Å²) in [4.78, 5) is 12.3. The van der Waals surface area contributed by atoms with Crippen LogP contribution in [-0.4, -0.2) is 5.91 Å². The normalized spacial score (nSPS) is 12.3. The van der Waals surface area contributed by atoms with Gasteiger partial charge in [-0.1, -0.05) is 23.7 Å². The van der Waals surface area contributed by atoms with E-state index < -0.39 is 5.91 Å². The van der Waals surface area contributed by atoms with Crippen molar-refractivity contribution in [2.24, 2.45) is 5.73 Å². The molecule has 0 bridgehead atoms. The SMILES string of the molecule is C[C@@H](NCc1ccc(C(N)=O)cc1Cl)c1cccs1. The highest BCUT2D eigenvalue weighted by Crippen LogP contribution is 2.21. The van der Waals surface area contributed by atoms with Gasteiger partial charge in [0, 0.05) is 28.0 Å². The van der Waals surface area contributed by atoms with Crippen LogP contribution in [0.25, 0.3) is 0 Å². The second kappa shape index (κ2) is 6.19. The Morgan fingerprint density at radius 2 is 2.26 bits per heavy atom. The number of benzene rings is 1. The fourth-order valence-corrected chi connectivity index (χ4v) is 2.75. The van der Waals surface area contributed by atoms with Crippen LogP contribution in [0.5, 0.6) is 0 Å². The Labute approximate surface area is 121 Å². The lowest BCUT2D eigenvalue weighted by Gasteiger charge is -2.13. The summed E-state index contributed by atoms with van der Waals surface area (Å²) in [6.07, 6.45) is 0. The smallest absolute Gasteiger partial charge is 0.248 e. The van der Waals surface area contributed by atoms with E-state index in [4.69, 9.17) is 17.3 Å². The van der Waals surface area contributed by atoms with Gasteiger partial charge in [-0.2, -0.15) is 0 Å². The maximum absolute atomic E-state index is 11.0. The summed E-state index contributed by atoms with van der Waals surface area (Å²) in [5, 5.41) is 6.02. The lowest BCUT2D eigenvalue weighted by atomic mass is 10.1. The van der Waals surface area contributed by atoms with E-state index in [0.717, 1.165) is 5.56 Å². The molecule has 1 heterocycles. The molecule has 1 amide bonds. The number of amides is 1. The fraction of sp³-hybridized carbons (Fsp3) is 0.214. The first-order valence-electron chi connectivity index (χ1n) is 5.93. The van der Waals surface area contributed by atoms with Crippen LogP contribution in [0, 0.1) is 0 Å². The number of carbonyl (C=O) groups is 1. The molecule has 0 unspecified atom stereocenters. The molecule has 0 aliphatic heterocycles. The molecule has 0 saturated carbocycles. The van der Waals surface area contributed by atoms with Gasteiger partial charge in [-0.3, -0.25) is 4.79 Å². The van der Waals surface area contributed by atoms with Crippen molar-refractivity contribution >= 4 is 28.8 Å². The number of primary amides is 1. The van der Waals surface area contributed by atoms with Gasteiger partial charge in [0.2, 0.25) is 5.91 Å². The molecule has 0 aliphatic carbocycles. The average molecular weight is 295 g/mol. The molecule has 2 aromatic rings. The molecule has 0 spiro atoms. The van der Waals surface area contributed by atoms with E-state index in [-0.39, 0.29) is 6.04 Å². The van der Waals surface area contributed by atoms with E-state index in [1.807, 2.05) is 12.1 Å². The Bertz CT molecular complexity index is 569. The zero-order chi connectivity index (χ0) is 13.8. The zero-order valence-corrected chi connectivity index (χ0v) is 12.1. The maximum Gasteiger partial charge on any atom is 0.248 e. The number of rotatable bonds is 5. The van der Waals surface area contributed by atoms with Crippen molar-refractivity contribution in [3.63, 3.8) is 0 Å². The minimum atomic E-state index is -0.464. The van der Waals surface area contributed by atoms with Crippen molar-refractivity contribution < 1.29 is 4.79 Å². The first-order valence-corrected chi connectivity index (χ1v) is 7.18. The molecule has 0 fully saturated rings. The summed E-state index contributed by atoms with van der Waals surface area (Å²) in [6.45, 7) is 2.76. The Hall–Kier alpha value is -1.36. The Kier molecular flexibility index (Phi) is 4.58. The number of hydrogen-bond donors (Lipinski definition) is 2. The lowest BCUT2D eigenvalue weighted by Crippen LogP contribution is -2.18. The minimum Gasteiger partial charge on any atom is -0.366 e. The quantitative estimate of drug-likeness (QED) is 0.888. The van der Waals surface area contributed by atoms with Crippen LogP contribution in [0.3, 0.4) is 0 Å². The fourth-order valence-electron chi connectivity index (χ4n) is 1.75. The van der Waals surface area contributed by atoms with Gasteiger partial charge in [-0.15, -0.1) is 11.3 Å². The minimum absolute atomic E-state index is 0.270. The number of carbonyl (C=O) groups excluding carboxylic acids is 1. The third-order valence-electron chi connectivity index (χ3n) is 2.91. The van der Waals surface area contributed by atoms with Crippen LogP contribution in [-0.2, 0) is 6.54 Å². The highest BCUT2D eigenvalue weighted by atomic mass is 35.5. The van der Waals surface area contributed by atoms with E-state index in [0.29, 0.717) is 17.1 Å². The summed E-state index contributed by atoms with van der Waals surface area (Å²) in [6, 6.07) is 9.54. The van der Waals surface area contributed by atoms with E-state index in [9.17, 15) is 4.79 Å². The Balaban J connectivity index is 2.02. The van der Waals surface area contributed by atoms with E-state index >= 15 is 0 Å². The van der Waals surface area contributed by atoms with Crippen molar-refractivity contribution in [1.82, 2.24) is 5.32 Å². The molecule has 1 aromatic carbocycles. The van der Waals surface area contributed by atoms with Crippen LogP contribution in [0.2, 0.25) is 5.02 Å². The molecule has 3 N–H and O–H groups in total. The number of thiophene rings is 1. The summed E-state index contributed by atoms with van der Waals surface area (Å²) in [5.41, 5.74) is 6.59. The molecule has 0 saturated heterocycles. The second-order valence-corrected chi connectivity index (χ2v) is 5.67.